The van der Waals surface area contributed by atoms with Gasteiger partial charge in [-0.25, -0.2) is 4.39 Å². The number of nitrogens with one attached hydrogen (secondary N) is 1. The summed E-state index contributed by atoms with van der Waals surface area (Å²) in [5, 5.41) is 11.9. The van der Waals surface area contributed by atoms with Gasteiger partial charge in [0.1, 0.15) is 11.6 Å². The zero-order valence-electron chi connectivity index (χ0n) is 11.4. The van der Waals surface area contributed by atoms with Gasteiger partial charge in [0, 0.05) is 12.1 Å². The summed E-state index contributed by atoms with van der Waals surface area (Å²) in [7, 11) is 1.54. The number of ether oxygens (including phenoxy) is 1. The molecule has 0 radical (unpaired) electrons. The van der Waals surface area contributed by atoms with Crippen LogP contribution in [0.4, 0.5) is 10.1 Å². The van der Waals surface area contributed by atoms with Crippen molar-refractivity contribution < 1.29 is 9.13 Å². The molecule has 20 heavy (non-hydrogen) atoms. The van der Waals surface area contributed by atoms with Crippen molar-refractivity contribution in [3.8, 4) is 11.8 Å². The van der Waals surface area contributed by atoms with Crippen molar-refractivity contribution in [2.45, 2.75) is 13.0 Å². The number of anilines is 1. The third-order valence-electron chi connectivity index (χ3n) is 3.09. The van der Waals surface area contributed by atoms with Crippen molar-refractivity contribution in [3.63, 3.8) is 0 Å². The van der Waals surface area contributed by atoms with Crippen LogP contribution in [0.2, 0.25) is 0 Å². The van der Waals surface area contributed by atoms with E-state index in [1.807, 2.05) is 19.1 Å². The van der Waals surface area contributed by atoms with Gasteiger partial charge in [0.25, 0.3) is 0 Å². The fourth-order valence-corrected chi connectivity index (χ4v) is 1.90. The van der Waals surface area contributed by atoms with E-state index < -0.39 is 0 Å². The summed E-state index contributed by atoms with van der Waals surface area (Å²) in [6.07, 6.45) is 0. The van der Waals surface area contributed by atoms with Crippen LogP contribution in [0.5, 0.6) is 5.75 Å². The van der Waals surface area contributed by atoms with Gasteiger partial charge in [-0.05, 0) is 36.8 Å². The molecule has 0 spiro atoms. The lowest BCUT2D eigenvalue weighted by molar-refractivity contribution is 0.414. The highest BCUT2D eigenvalue weighted by molar-refractivity contribution is 5.51. The van der Waals surface area contributed by atoms with E-state index in [1.165, 1.54) is 6.07 Å². The van der Waals surface area contributed by atoms with Gasteiger partial charge >= 0.3 is 0 Å². The molecule has 0 aliphatic rings. The monoisotopic (exact) mass is 270 g/mol. The van der Waals surface area contributed by atoms with Crippen molar-refractivity contribution in [2.24, 2.45) is 0 Å². The first-order valence-electron chi connectivity index (χ1n) is 6.24. The molecule has 1 atom stereocenters. The van der Waals surface area contributed by atoms with Crippen LogP contribution in [0.1, 0.15) is 24.1 Å². The molecule has 1 unspecified atom stereocenters. The van der Waals surface area contributed by atoms with Crippen molar-refractivity contribution in [2.75, 3.05) is 12.4 Å². The number of halogens is 1. The van der Waals surface area contributed by atoms with Crippen molar-refractivity contribution >= 4 is 5.69 Å². The van der Waals surface area contributed by atoms with E-state index in [4.69, 9.17) is 10.00 Å². The number of rotatable bonds is 4. The van der Waals surface area contributed by atoms with Crippen LogP contribution in [-0.2, 0) is 0 Å². The molecule has 0 aliphatic heterocycles. The minimum absolute atomic E-state index is 0.0793. The summed E-state index contributed by atoms with van der Waals surface area (Å²) in [6, 6.07) is 13.8. The molecule has 3 nitrogen and oxygen atoms in total. The van der Waals surface area contributed by atoms with Crippen LogP contribution in [0.15, 0.2) is 42.5 Å². The third-order valence-corrected chi connectivity index (χ3v) is 3.09. The Labute approximate surface area is 117 Å². The van der Waals surface area contributed by atoms with E-state index >= 15 is 0 Å². The van der Waals surface area contributed by atoms with Crippen LogP contribution in [0.25, 0.3) is 0 Å². The number of hydrogen-bond donors (Lipinski definition) is 1. The van der Waals surface area contributed by atoms with Crippen LogP contribution < -0.4 is 10.1 Å². The highest BCUT2D eigenvalue weighted by Crippen LogP contribution is 2.25. The van der Waals surface area contributed by atoms with E-state index in [-0.39, 0.29) is 11.9 Å². The topological polar surface area (TPSA) is 45.0 Å². The average molecular weight is 270 g/mol. The fraction of sp³-hybridized carbons (Fsp3) is 0.188. The lowest BCUT2D eigenvalue weighted by Gasteiger charge is -2.17. The summed E-state index contributed by atoms with van der Waals surface area (Å²) >= 11 is 0. The van der Waals surface area contributed by atoms with E-state index in [0.29, 0.717) is 17.0 Å². The molecule has 0 aromatic heterocycles. The normalized spacial score (nSPS) is 11.5. The second-order valence-electron chi connectivity index (χ2n) is 4.45. The van der Waals surface area contributed by atoms with E-state index in [2.05, 4.69) is 11.4 Å². The standard InChI is InChI=1S/C16H15FN2O/c1-11(13-5-3-12(10-18)4-6-13)19-16-9-14(20-2)7-8-15(16)17/h3-9,11,19H,1-2H3. The summed E-state index contributed by atoms with van der Waals surface area (Å²) in [5.41, 5.74) is 1.97. The first kappa shape index (κ1) is 13.9. The zero-order chi connectivity index (χ0) is 14.5. The molecule has 2 aromatic rings. The Morgan fingerprint density at radius 2 is 1.90 bits per heavy atom. The first-order chi connectivity index (χ1) is 9.63. The van der Waals surface area contributed by atoms with E-state index in [1.54, 1.807) is 31.4 Å². The van der Waals surface area contributed by atoms with Gasteiger partial charge in [-0.2, -0.15) is 5.26 Å². The maximum atomic E-state index is 13.7. The number of nitrogens with zero attached hydrogens (tertiary/aromatic N) is 1. The predicted octanol–water partition coefficient (Wildman–Crippen LogP) is 3.88. The second kappa shape index (κ2) is 6.07. The average Bonchev–Trinajstić information content (AvgIpc) is 2.49. The van der Waals surface area contributed by atoms with E-state index in [9.17, 15) is 4.39 Å². The Morgan fingerprint density at radius 3 is 2.50 bits per heavy atom. The molecule has 102 valence electrons. The molecule has 1 N–H and O–H groups in total. The minimum Gasteiger partial charge on any atom is -0.497 e. The van der Waals surface area contributed by atoms with Crippen molar-refractivity contribution in [3.05, 3.63) is 59.4 Å². The number of benzene rings is 2. The van der Waals surface area contributed by atoms with Crippen LogP contribution in [0.3, 0.4) is 0 Å². The largest absolute Gasteiger partial charge is 0.497 e. The lowest BCUT2D eigenvalue weighted by Crippen LogP contribution is -2.08. The fourth-order valence-electron chi connectivity index (χ4n) is 1.90. The SMILES string of the molecule is COc1ccc(F)c(NC(C)c2ccc(C#N)cc2)c1. The van der Waals surface area contributed by atoms with Crippen molar-refractivity contribution in [1.82, 2.24) is 0 Å². The summed E-state index contributed by atoms with van der Waals surface area (Å²) in [5.74, 6) is 0.271. The summed E-state index contributed by atoms with van der Waals surface area (Å²) < 4.78 is 18.8. The molecule has 0 aliphatic carbocycles. The molecule has 0 heterocycles. The highest BCUT2D eigenvalue weighted by atomic mass is 19.1. The molecule has 0 amide bonds. The van der Waals surface area contributed by atoms with Gasteiger partial charge in [0.05, 0.1) is 24.4 Å². The molecule has 0 saturated carbocycles. The van der Waals surface area contributed by atoms with Gasteiger partial charge in [0.15, 0.2) is 0 Å². The number of hydrogen-bond acceptors (Lipinski definition) is 3. The molecular formula is C16H15FN2O. The number of nitriles is 1. The van der Waals surface area contributed by atoms with E-state index in [0.717, 1.165) is 5.56 Å². The van der Waals surface area contributed by atoms with Crippen LogP contribution in [-0.4, -0.2) is 7.11 Å². The molecular weight excluding hydrogens is 255 g/mol. The Morgan fingerprint density at radius 1 is 1.20 bits per heavy atom. The van der Waals surface area contributed by atoms with Gasteiger partial charge < -0.3 is 10.1 Å². The summed E-state index contributed by atoms with van der Waals surface area (Å²) in [6.45, 7) is 1.93. The quantitative estimate of drug-likeness (QED) is 0.917. The zero-order valence-corrected chi connectivity index (χ0v) is 11.4. The molecule has 2 rings (SSSR count). The molecule has 0 saturated heterocycles. The van der Waals surface area contributed by atoms with Crippen molar-refractivity contribution in [1.29, 1.82) is 5.26 Å². The van der Waals surface area contributed by atoms with Gasteiger partial charge in [-0.15, -0.1) is 0 Å². The second-order valence-corrected chi connectivity index (χ2v) is 4.45. The highest BCUT2D eigenvalue weighted by Gasteiger charge is 2.09. The predicted molar refractivity (Wildman–Crippen MR) is 76.1 cm³/mol. The maximum absolute atomic E-state index is 13.7. The summed E-state index contributed by atoms with van der Waals surface area (Å²) in [4.78, 5) is 0. The maximum Gasteiger partial charge on any atom is 0.146 e. The Bertz CT molecular complexity index is 632. The van der Waals surface area contributed by atoms with Gasteiger partial charge in [-0.3, -0.25) is 0 Å². The molecule has 0 fully saturated rings. The Hall–Kier alpha value is -2.54. The molecule has 0 bridgehead atoms. The first-order valence-corrected chi connectivity index (χ1v) is 6.24. The number of methoxy groups -OCH3 is 1. The van der Waals surface area contributed by atoms with Gasteiger partial charge in [-0.1, -0.05) is 12.1 Å². The van der Waals surface area contributed by atoms with Crippen LogP contribution >= 0.6 is 0 Å². The Kier molecular flexibility index (Phi) is 4.21. The lowest BCUT2D eigenvalue weighted by atomic mass is 10.1. The van der Waals surface area contributed by atoms with Gasteiger partial charge in [0.2, 0.25) is 0 Å². The molecule has 2 aromatic carbocycles. The third kappa shape index (κ3) is 3.07. The minimum atomic E-state index is -0.328. The Balaban J connectivity index is 2.18. The smallest absolute Gasteiger partial charge is 0.146 e. The molecule has 4 heteroatoms. The van der Waals surface area contributed by atoms with Crippen LogP contribution in [0, 0.1) is 17.1 Å².